The number of aromatic nitrogens is 1. The minimum Gasteiger partial charge on any atom is -0.388 e. The van der Waals surface area contributed by atoms with Crippen molar-refractivity contribution in [3.8, 4) is 0 Å². The Morgan fingerprint density at radius 1 is 1.30 bits per heavy atom. The molecule has 0 amide bonds. The number of halogens is 2. The van der Waals surface area contributed by atoms with E-state index in [4.69, 9.17) is 23.2 Å². The summed E-state index contributed by atoms with van der Waals surface area (Å²) in [7, 11) is 0. The number of aliphatic hydroxyl groups is 1. The predicted octanol–water partition coefficient (Wildman–Crippen LogP) is 4.78. The molecule has 0 aliphatic carbocycles. The fraction of sp³-hybridized carbons (Fsp3) is 0.188. The van der Waals surface area contributed by atoms with Crippen LogP contribution in [-0.2, 0) is 0 Å². The van der Waals surface area contributed by atoms with E-state index in [1.54, 1.807) is 36.7 Å². The van der Waals surface area contributed by atoms with Crippen molar-refractivity contribution in [3.63, 3.8) is 0 Å². The third-order valence-electron chi connectivity index (χ3n) is 3.19. The van der Waals surface area contributed by atoms with Crippen molar-refractivity contribution < 1.29 is 5.11 Å². The first-order valence-corrected chi connectivity index (χ1v) is 7.03. The van der Waals surface area contributed by atoms with Gasteiger partial charge in [-0.25, -0.2) is 0 Å². The van der Waals surface area contributed by atoms with Gasteiger partial charge in [0.1, 0.15) is 0 Å². The lowest BCUT2D eigenvalue weighted by molar-refractivity contribution is 0.145. The lowest BCUT2D eigenvalue weighted by Crippen LogP contribution is -2.11. The fourth-order valence-corrected chi connectivity index (χ4v) is 2.74. The van der Waals surface area contributed by atoms with Crippen molar-refractivity contribution in [2.75, 3.05) is 0 Å². The van der Waals surface area contributed by atoms with Crippen LogP contribution in [0.5, 0.6) is 0 Å². The summed E-state index contributed by atoms with van der Waals surface area (Å²) < 4.78 is 0. The van der Waals surface area contributed by atoms with Gasteiger partial charge >= 0.3 is 0 Å². The first-order valence-electron chi connectivity index (χ1n) is 6.27. The fourth-order valence-electron chi connectivity index (χ4n) is 2.19. The molecule has 2 unspecified atom stereocenters. The van der Waals surface area contributed by atoms with Crippen LogP contribution < -0.4 is 0 Å². The highest BCUT2D eigenvalue weighted by atomic mass is 35.5. The van der Waals surface area contributed by atoms with Crippen molar-refractivity contribution in [3.05, 3.63) is 76.6 Å². The molecule has 0 saturated heterocycles. The molecule has 1 N–H and O–H groups in total. The molecular weight excluding hydrogens is 293 g/mol. The van der Waals surface area contributed by atoms with Gasteiger partial charge in [0.25, 0.3) is 0 Å². The van der Waals surface area contributed by atoms with Gasteiger partial charge in [0.15, 0.2) is 0 Å². The Morgan fingerprint density at radius 3 is 2.70 bits per heavy atom. The second kappa shape index (κ2) is 6.89. The molecular formula is C16H15Cl2NO. The van der Waals surface area contributed by atoms with E-state index in [0.29, 0.717) is 16.5 Å². The normalized spacial score (nSPS) is 13.8. The van der Waals surface area contributed by atoms with Gasteiger partial charge in [-0.05, 0) is 35.7 Å². The Kier molecular flexibility index (Phi) is 5.18. The zero-order chi connectivity index (χ0) is 14.5. The summed E-state index contributed by atoms with van der Waals surface area (Å²) in [4.78, 5) is 4.04. The lowest BCUT2D eigenvalue weighted by atomic mass is 9.87. The van der Waals surface area contributed by atoms with Crippen molar-refractivity contribution >= 4 is 23.2 Å². The lowest BCUT2D eigenvalue weighted by Gasteiger charge is -2.23. The second-order valence-electron chi connectivity index (χ2n) is 4.53. The van der Waals surface area contributed by atoms with Crippen LogP contribution in [0.15, 0.2) is 55.4 Å². The molecule has 0 saturated carbocycles. The number of nitrogens with zero attached hydrogens (tertiary/aromatic N) is 1. The number of aliphatic hydroxyl groups excluding tert-OH is 1. The zero-order valence-corrected chi connectivity index (χ0v) is 12.3. The van der Waals surface area contributed by atoms with Crippen molar-refractivity contribution in [1.29, 1.82) is 0 Å². The topological polar surface area (TPSA) is 33.1 Å². The molecule has 104 valence electrons. The van der Waals surface area contributed by atoms with Gasteiger partial charge in [0, 0.05) is 28.4 Å². The highest BCUT2D eigenvalue weighted by Gasteiger charge is 2.23. The zero-order valence-electron chi connectivity index (χ0n) is 10.8. The van der Waals surface area contributed by atoms with Crippen molar-refractivity contribution in [2.45, 2.75) is 18.4 Å². The third-order valence-corrected chi connectivity index (χ3v) is 3.75. The minimum absolute atomic E-state index is 0.179. The van der Waals surface area contributed by atoms with E-state index in [1.807, 2.05) is 12.1 Å². The van der Waals surface area contributed by atoms with Gasteiger partial charge in [0.05, 0.1) is 6.10 Å². The summed E-state index contributed by atoms with van der Waals surface area (Å²) in [5, 5.41) is 11.7. The van der Waals surface area contributed by atoms with Crippen LogP contribution in [0.1, 0.15) is 29.6 Å². The average molecular weight is 308 g/mol. The highest BCUT2D eigenvalue weighted by Crippen LogP contribution is 2.38. The Bertz CT molecular complexity index is 586. The van der Waals surface area contributed by atoms with E-state index in [-0.39, 0.29) is 5.92 Å². The number of allylic oxidation sites excluding steroid dienone is 1. The minimum atomic E-state index is -0.694. The molecule has 0 spiro atoms. The molecule has 0 radical (unpaired) electrons. The molecule has 0 bridgehead atoms. The first kappa shape index (κ1) is 15.0. The molecule has 1 heterocycles. The smallest absolute Gasteiger partial charge is 0.0876 e. The van der Waals surface area contributed by atoms with Crippen LogP contribution in [0.4, 0.5) is 0 Å². The summed E-state index contributed by atoms with van der Waals surface area (Å²) >= 11 is 12.2. The first-order chi connectivity index (χ1) is 9.63. The summed E-state index contributed by atoms with van der Waals surface area (Å²) in [6, 6.07) is 8.95. The van der Waals surface area contributed by atoms with Crippen LogP contribution in [0.3, 0.4) is 0 Å². The van der Waals surface area contributed by atoms with E-state index in [2.05, 4.69) is 11.6 Å². The maximum Gasteiger partial charge on any atom is 0.0876 e. The van der Waals surface area contributed by atoms with Gasteiger partial charge in [-0.15, -0.1) is 6.58 Å². The van der Waals surface area contributed by atoms with Crippen molar-refractivity contribution in [2.24, 2.45) is 0 Å². The quantitative estimate of drug-likeness (QED) is 0.806. The molecule has 0 aliphatic rings. The van der Waals surface area contributed by atoms with Crippen molar-refractivity contribution in [1.82, 2.24) is 4.98 Å². The van der Waals surface area contributed by atoms with E-state index in [0.717, 1.165) is 11.1 Å². The third kappa shape index (κ3) is 3.40. The molecule has 2 aromatic rings. The molecule has 20 heavy (non-hydrogen) atoms. The number of rotatable bonds is 5. The Morgan fingerprint density at radius 2 is 2.10 bits per heavy atom. The van der Waals surface area contributed by atoms with E-state index in [9.17, 15) is 5.11 Å². The summed E-state index contributed by atoms with van der Waals surface area (Å²) in [6.07, 6.45) is 5.02. The molecule has 4 heteroatoms. The van der Waals surface area contributed by atoms with Gasteiger partial charge in [-0.3, -0.25) is 4.98 Å². The van der Waals surface area contributed by atoms with Crippen LogP contribution in [-0.4, -0.2) is 10.1 Å². The highest BCUT2D eigenvalue weighted by molar-refractivity contribution is 6.35. The molecule has 2 nitrogen and oxygen atoms in total. The Hall–Kier alpha value is -1.35. The van der Waals surface area contributed by atoms with Crippen LogP contribution in [0, 0.1) is 0 Å². The maximum absolute atomic E-state index is 10.6. The van der Waals surface area contributed by atoms with Gasteiger partial charge in [-0.1, -0.05) is 41.4 Å². The molecule has 2 atom stereocenters. The number of hydrogen-bond acceptors (Lipinski definition) is 2. The molecule has 0 fully saturated rings. The van der Waals surface area contributed by atoms with Gasteiger partial charge in [0.2, 0.25) is 0 Å². The maximum atomic E-state index is 10.6. The van der Waals surface area contributed by atoms with Crippen LogP contribution >= 0.6 is 23.2 Å². The predicted molar refractivity (Wildman–Crippen MR) is 83.2 cm³/mol. The Labute approximate surface area is 128 Å². The van der Waals surface area contributed by atoms with Crippen LogP contribution in [0.2, 0.25) is 10.0 Å². The summed E-state index contributed by atoms with van der Waals surface area (Å²) in [6.45, 7) is 3.75. The SMILES string of the molecule is C=CCC(c1ccc(Cl)cc1Cl)C(O)c1cccnc1. The Balaban J connectivity index is 2.38. The second-order valence-corrected chi connectivity index (χ2v) is 5.37. The van der Waals surface area contributed by atoms with Crippen LogP contribution in [0.25, 0.3) is 0 Å². The largest absolute Gasteiger partial charge is 0.388 e. The average Bonchev–Trinajstić information content (AvgIpc) is 2.46. The van der Waals surface area contributed by atoms with Gasteiger partial charge < -0.3 is 5.11 Å². The van der Waals surface area contributed by atoms with E-state index < -0.39 is 6.10 Å². The molecule has 2 rings (SSSR count). The summed E-state index contributed by atoms with van der Waals surface area (Å²) in [5.74, 6) is -0.179. The molecule has 1 aromatic heterocycles. The standard InChI is InChI=1S/C16H15Cl2NO/c1-2-4-14(13-7-6-12(17)9-15(13)18)16(20)11-5-3-8-19-10-11/h2-3,5-10,14,16,20H,1,4H2. The summed E-state index contributed by atoms with van der Waals surface area (Å²) in [5.41, 5.74) is 1.61. The number of benzene rings is 1. The van der Waals surface area contributed by atoms with E-state index >= 15 is 0 Å². The molecule has 1 aromatic carbocycles. The van der Waals surface area contributed by atoms with E-state index in [1.165, 1.54) is 0 Å². The monoisotopic (exact) mass is 307 g/mol. The number of pyridine rings is 1. The number of hydrogen-bond donors (Lipinski definition) is 1. The van der Waals surface area contributed by atoms with Gasteiger partial charge in [-0.2, -0.15) is 0 Å². The molecule has 0 aliphatic heterocycles.